The molecule has 10 heteroatoms. The fourth-order valence-electron chi connectivity index (χ4n) is 6.27. The van der Waals surface area contributed by atoms with Gasteiger partial charge in [0, 0.05) is 18.0 Å². The van der Waals surface area contributed by atoms with Crippen LogP contribution in [0.2, 0.25) is 0 Å². The Bertz CT molecular complexity index is 1530. The number of rotatable bonds is 4. The second kappa shape index (κ2) is 6.65. The number of aromatic nitrogens is 4. The molecule has 3 aromatic heterocycles. The second-order valence-corrected chi connectivity index (χ2v) is 10.2. The zero-order valence-corrected chi connectivity index (χ0v) is 18.9. The molecule has 1 atom stereocenters. The summed E-state index contributed by atoms with van der Waals surface area (Å²) in [5, 5.41) is 0. The van der Waals surface area contributed by atoms with Crippen LogP contribution in [0.5, 0.6) is 5.75 Å². The SMILES string of the molecule is CN(C(=O)c1cc2c(cn1)nc(N)c1cncn12)[C@@H]1COc2cc(C34CC(C(F)F)(C3)C4)ccc21. The number of carbonyl (C=O) groups excluding carboxylic acids is 1. The van der Waals surface area contributed by atoms with Gasteiger partial charge in [0.15, 0.2) is 0 Å². The van der Waals surface area contributed by atoms with Crippen LogP contribution in [0.4, 0.5) is 14.6 Å². The fourth-order valence-corrected chi connectivity index (χ4v) is 6.27. The van der Waals surface area contributed by atoms with Crippen molar-refractivity contribution in [2.24, 2.45) is 5.41 Å². The first kappa shape index (κ1) is 20.5. The number of nitrogens with two attached hydrogens (primary N) is 1. The van der Waals surface area contributed by atoms with Gasteiger partial charge < -0.3 is 15.4 Å². The molecule has 0 saturated heterocycles. The topological polar surface area (TPSA) is 98.6 Å². The average molecular weight is 476 g/mol. The maximum Gasteiger partial charge on any atom is 0.272 e. The Morgan fingerprint density at radius 3 is 2.80 bits per heavy atom. The number of fused-ring (bicyclic) bond motifs is 4. The van der Waals surface area contributed by atoms with Crippen molar-refractivity contribution in [1.82, 2.24) is 24.3 Å². The van der Waals surface area contributed by atoms with Crippen LogP contribution in [0.3, 0.4) is 0 Å². The quantitative estimate of drug-likeness (QED) is 0.482. The van der Waals surface area contributed by atoms with Gasteiger partial charge in [-0.2, -0.15) is 0 Å². The highest BCUT2D eigenvalue weighted by Crippen LogP contribution is 2.75. The molecule has 4 heterocycles. The number of benzene rings is 1. The molecule has 8 nitrogen and oxygen atoms in total. The predicted octanol–water partition coefficient (Wildman–Crippen LogP) is 3.75. The van der Waals surface area contributed by atoms with E-state index in [-0.39, 0.29) is 23.1 Å². The average Bonchev–Trinajstić information content (AvgIpc) is 3.44. The largest absolute Gasteiger partial charge is 0.491 e. The van der Waals surface area contributed by atoms with Crippen molar-refractivity contribution in [2.45, 2.75) is 37.1 Å². The van der Waals surface area contributed by atoms with Crippen LogP contribution >= 0.6 is 0 Å². The highest BCUT2D eigenvalue weighted by molar-refractivity contribution is 5.96. The van der Waals surface area contributed by atoms with E-state index in [1.165, 1.54) is 6.20 Å². The summed E-state index contributed by atoms with van der Waals surface area (Å²) in [6, 6.07) is 7.37. The third-order valence-electron chi connectivity index (χ3n) is 8.19. The highest BCUT2D eigenvalue weighted by atomic mass is 19.3. The van der Waals surface area contributed by atoms with Crippen molar-refractivity contribution in [3.8, 4) is 5.75 Å². The molecule has 3 fully saturated rings. The van der Waals surface area contributed by atoms with E-state index >= 15 is 0 Å². The van der Waals surface area contributed by atoms with E-state index in [0.717, 1.165) is 11.1 Å². The van der Waals surface area contributed by atoms with Gasteiger partial charge in [0.05, 0.1) is 30.3 Å². The van der Waals surface area contributed by atoms with Gasteiger partial charge in [0.25, 0.3) is 5.91 Å². The Morgan fingerprint density at radius 2 is 2.03 bits per heavy atom. The Labute approximate surface area is 198 Å². The monoisotopic (exact) mass is 476 g/mol. The minimum absolute atomic E-state index is 0.139. The summed E-state index contributed by atoms with van der Waals surface area (Å²) in [5.74, 6) is 0.811. The summed E-state index contributed by atoms with van der Waals surface area (Å²) in [5.41, 5.74) is 9.23. The minimum Gasteiger partial charge on any atom is -0.491 e. The van der Waals surface area contributed by atoms with Gasteiger partial charge in [-0.25, -0.2) is 23.7 Å². The summed E-state index contributed by atoms with van der Waals surface area (Å²) in [7, 11) is 1.73. The van der Waals surface area contributed by atoms with Crippen LogP contribution < -0.4 is 10.5 Å². The minimum atomic E-state index is -2.25. The Balaban J connectivity index is 1.16. The summed E-state index contributed by atoms with van der Waals surface area (Å²) in [4.78, 5) is 27.8. The first-order chi connectivity index (χ1) is 16.8. The van der Waals surface area contributed by atoms with E-state index in [9.17, 15) is 13.6 Å². The van der Waals surface area contributed by atoms with E-state index in [1.807, 2.05) is 18.2 Å². The Kier molecular flexibility index (Phi) is 3.90. The normalized spacial score (nSPS) is 26.3. The molecule has 3 aliphatic carbocycles. The molecular formula is C25H22F2N6O2. The van der Waals surface area contributed by atoms with E-state index in [4.69, 9.17) is 10.5 Å². The van der Waals surface area contributed by atoms with E-state index < -0.39 is 11.8 Å². The molecule has 1 aromatic carbocycles. The molecule has 2 N–H and O–H groups in total. The first-order valence-electron chi connectivity index (χ1n) is 11.5. The standard InChI is InChI=1S/C25H22F2N6O2/c1-32(22(34)15-5-17-16(6-30-15)31-21(28)18-7-29-12-33(17)18)19-8-35-20-4-13(2-3-14(19)20)24-9-25(10-24,11-24)23(26)27/h2-7,12,19,23H,8-11H2,1H3,(H2,28,31)/t19-,24?,25?/m1/s1. The van der Waals surface area contributed by atoms with Crippen LogP contribution in [0, 0.1) is 5.41 Å². The van der Waals surface area contributed by atoms with Gasteiger partial charge in [-0.1, -0.05) is 12.1 Å². The molecule has 4 aromatic rings. The number of hydrogen-bond acceptors (Lipinski definition) is 6. The molecular weight excluding hydrogens is 454 g/mol. The number of amides is 1. The molecule has 4 aliphatic rings. The number of likely N-dealkylation sites (N-methyl/N-ethyl adjacent to an activating group) is 1. The molecule has 2 bridgehead atoms. The number of carbonyl (C=O) groups is 1. The summed E-state index contributed by atoms with van der Waals surface area (Å²) < 4.78 is 34.2. The lowest BCUT2D eigenvalue weighted by atomic mass is 9.33. The van der Waals surface area contributed by atoms with Crippen LogP contribution in [-0.4, -0.2) is 50.2 Å². The number of ether oxygens (including phenoxy) is 1. The van der Waals surface area contributed by atoms with Crippen molar-refractivity contribution in [3.05, 3.63) is 59.8 Å². The lowest BCUT2D eigenvalue weighted by molar-refractivity contribution is -0.221. The van der Waals surface area contributed by atoms with E-state index in [0.29, 0.717) is 54.0 Å². The third-order valence-corrected chi connectivity index (χ3v) is 8.19. The number of halogens is 2. The van der Waals surface area contributed by atoms with Gasteiger partial charge in [0.2, 0.25) is 6.43 Å². The number of anilines is 1. The Hall–Kier alpha value is -3.82. The van der Waals surface area contributed by atoms with Crippen molar-refractivity contribution < 1.29 is 18.3 Å². The smallest absolute Gasteiger partial charge is 0.272 e. The van der Waals surface area contributed by atoms with E-state index in [2.05, 4.69) is 15.0 Å². The van der Waals surface area contributed by atoms with Crippen LogP contribution in [0.25, 0.3) is 16.6 Å². The lowest BCUT2D eigenvalue weighted by Crippen LogP contribution is -2.67. The summed E-state index contributed by atoms with van der Waals surface area (Å²) >= 11 is 0. The highest BCUT2D eigenvalue weighted by Gasteiger charge is 2.72. The number of imidazole rings is 1. The third kappa shape index (κ3) is 2.65. The number of hydrogen-bond donors (Lipinski definition) is 1. The zero-order chi connectivity index (χ0) is 24.1. The number of alkyl halides is 2. The molecule has 0 spiro atoms. The molecule has 35 heavy (non-hydrogen) atoms. The maximum atomic E-state index is 13.4. The molecule has 0 radical (unpaired) electrons. The van der Waals surface area contributed by atoms with Crippen LogP contribution in [-0.2, 0) is 5.41 Å². The zero-order valence-electron chi connectivity index (χ0n) is 18.9. The maximum absolute atomic E-state index is 13.4. The van der Waals surface area contributed by atoms with Crippen LogP contribution in [0.1, 0.15) is 46.9 Å². The predicted molar refractivity (Wildman–Crippen MR) is 123 cm³/mol. The van der Waals surface area contributed by atoms with Crippen LogP contribution in [0.15, 0.2) is 43.0 Å². The molecule has 0 unspecified atom stereocenters. The molecule has 178 valence electrons. The van der Waals surface area contributed by atoms with Crippen molar-refractivity contribution in [1.29, 1.82) is 0 Å². The van der Waals surface area contributed by atoms with Gasteiger partial charge in [-0.3, -0.25) is 9.20 Å². The molecule has 8 rings (SSSR count). The van der Waals surface area contributed by atoms with Gasteiger partial charge in [-0.05, 0) is 42.4 Å². The summed E-state index contributed by atoms with van der Waals surface area (Å²) in [6.45, 7) is 0.326. The Morgan fingerprint density at radius 1 is 1.23 bits per heavy atom. The molecule has 1 amide bonds. The molecule has 1 aliphatic heterocycles. The number of nitrogen functional groups attached to an aromatic ring is 1. The van der Waals surface area contributed by atoms with Gasteiger partial charge >= 0.3 is 0 Å². The number of nitrogens with zero attached hydrogens (tertiary/aromatic N) is 5. The number of pyridine rings is 1. The lowest BCUT2D eigenvalue weighted by Gasteiger charge is -2.70. The second-order valence-electron chi connectivity index (χ2n) is 10.2. The van der Waals surface area contributed by atoms with Gasteiger partial charge in [0.1, 0.15) is 34.9 Å². The van der Waals surface area contributed by atoms with Crippen molar-refractivity contribution in [3.63, 3.8) is 0 Å². The van der Waals surface area contributed by atoms with Crippen molar-refractivity contribution >= 4 is 28.3 Å². The van der Waals surface area contributed by atoms with E-state index in [1.54, 1.807) is 34.9 Å². The fraction of sp³-hybridized carbons (Fsp3) is 0.360. The van der Waals surface area contributed by atoms with Crippen molar-refractivity contribution in [2.75, 3.05) is 19.4 Å². The van der Waals surface area contributed by atoms with Gasteiger partial charge in [-0.15, -0.1) is 0 Å². The summed E-state index contributed by atoms with van der Waals surface area (Å²) in [6.07, 6.45) is 4.15. The molecule has 3 saturated carbocycles. The first-order valence-corrected chi connectivity index (χ1v) is 11.5.